The van der Waals surface area contributed by atoms with Crippen LogP contribution in [0.15, 0.2) is 103 Å². The van der Waals surface area contributed by atoms with E-state index in [4.69, 9.17) is 11.6 Å². The average Bonchev–Trinajstić information content (AvgIpc) is 2.93. The molecule has 0 bridgehead atoms. The molecule has 2 N–H and O–H groups in total. The van der Waals surface area contributed by atoms with E-state index in [1.807, 2.05) is 37.3 Å². The second-order valence-corrected chi connectivity index (χ2v) is 11.4. The van der Waals surface area contributed by atoms with Gasteiger partial charge >= 0.3 is 0 Å². The first-order valence-corrected chi connectivity index (χ1v) is 14.4. The fraction of sp³-hybridized carbons (Fsp3) is 0.133. The number of carbonyl (C=O) groups excluding carboxylic acids is 2. The van der Waals surface area contributed by atoms with Crippen molar-refractivity contribution in [2.24, 2.45) is 0 Å². The lowest BCUT2D eigenvalue weighted by Gasteiger charge is -2.23. The molecule has 200 valence electrons. The van der Waals surface area contributed by atoms with Crippen LogP contribution in [0, 0.1) is 0 Å². The highest BCUT2D eigenvalue weighted by atomic mass is 35.5. The number of para-hydroxylation sites is 1. The molecule has 4 aromatic rings. The Hall–Kier alpha value is -4.14. The summed E-state index contributed by atoms with van der Waals surface area (Å²) in [5.41, 5.74) is 3.15. The van der Waals surface area contributed by atoms with Crippen LogP contribution in [-0.4, -0.2) is 26.5 Å². The second-order valence-electron chi connectivity index (χ2n) is 9.05. The molecule has 0 heterocycles. The van der Waals surface area contributed by atoms with Crippen molar-refractivity contribution in [3.05, 3.63) is 130 Å². The van der Waals surface area contributed by atoms with Crippen molar-refractivity contribution in [3.63, 3.8) is 0 Å². The van der Waals surface area contributed by atoms with Gasteiger partial charge in [0, 0.05) is 10.6 Å². The van der Waals surface area contributed by atoms with Crippen LogP contribution in [0.3, 0.4) is 0 Å². The molecule has 0 radical (unpaired) electrons. The number of halogens is 1. The molecule has 4 aromatic carbocycles. The van der Waals surface area contributed by atoms with Crippen molar-refractivity contribution >= 4 is 44.8 Å². The van der Waals surface area contributed by atoms with E-state index in [2.05, 4.69) is 10.6 Å². The molecule has 0 fully saturated rings. The molecule has 9 heteroatoms. The third kappa shape index (κ3) is 7.25. The molecule has 7 nitrogen and oxygen atoms in total. The zero-order chi connectivity index (χ0) is 28.0. The van der Waals surface area contributed by atoms with Crippen LogP contribution in [0.5, 0.6) is 0 Å². The molecule has 4 rings (SSSR count). The first kappa shape index (κ1) is 27.9. The van der Waals surface area contributed by atoms with Gasteiger partial charge in [0.1, 0.15) is 0 Å². The van der Waals surface area contributed by atoms with Crippen molar-refractivity contribution in [2.75, 3.05) is 15.9 Å². The van der Waals surface area contributed by atoms with Crippen LogP contribution >= 0.6 is 11.6 Å². The Kier molecular flexibility index (Phi) is 8.69. The van der Waals surface area contributed by atoms with E-state index in [0.717, 1.165) is 17.4 Å². The van der Waals surface area contributed by atoms with Gasteiger partial charge in [-0.25, -0.2) is 8.42 Å². The van der Waals surface area contributed by atoms with Crippen molar-refractivity contribution < 1.29 is 18.0 Å². The minimum absolute atomic E-state index is 0.117. The molecule has 0 saturated heterocycles. The minimum atomic E-state index is -3.60. The zero-order valence-corrected chi connectivity index (χ0v) is 23.0. The first-order chi connectivity index (χ1) is 18.6. The molecule has 0 aliphatic carbocycles. The van der Waals surface area contributed by atoms with Gasteiger partial charge in [-0.05, 0) is 66.6 Å². The fourth-order valence-corrected chi connectivity index (χ4v) is 5.03. The van der Waals surface area contributed by atoms with Gasteiger partial charge in [0.15, 0.2) is 0 Å². The van der Waals surface area contributed by atoms with Crippen LogP contribution in [0.25, 0.3) is 0 Å². The van der Waals surface area contributed by atoms with Crippen molar-refractivity contribution in [1.82, 2.24) is 5.32 Å². The summed E-state index contributed by atoms with van der Waals surface area (Å²) in [6, 6.07) is 29.3. The highest BCUT2D eigenvalue weighted by Crippen LogP contribution is 2.23. The van der Waals surface area contributed by atoms with Crippen LogP contribution in [-0.2, 0) is 16.6 Å². The van der Waals surface area contributed by atoms with E-state index >= 15 is 0 Å². The summed E-state index contributed by atoms with van der Waals surface area (Å²) < 4.78 is 26.3. The molecule has 0 aliphatic rings. The smallest absolute Gasteiger partial charge is 0.255 e. The number of hydrogen-bond acceptors (Lipinski definition) is 4. The van der Waals surface area contributed by atoms with Gasteiger partial charge in [-0.2, -0.15) is 0 Å². The van der Waals surface area contributed by atoms with Crippen LogP contribution in [0.1, 0.15) is 44.8 Å². The highest BCUT2D eigenvalue weighted by molar-refractivity contribution is 7.92. The third-order valence-corrected chi connectivity index (χ3v) is 7.52. The maximum Gasteiger partial charge on any atom is 0.255 e. The minimum Gasteiger partial charge on any atom is -0.345 e. The second kappa shape index (κ2) is 12.1. The fourth-order valence-electron chi connectivity index (χ4n) is 4.02. The first-order valence-electron chi connectivity index (χ1n) is 12.2. The summed E-state index contributed by atoms with van der Waals surface area (Å²) in [4.78, 5) is 26.1. The number of nitrogens with zero attached hydrogens (tertiary/aromatic N) is 1. The maximum atomic E-state index is 13.0. The summed E-state index contributed by atoms with van der Waals surface area (Å²) in [6.07, 6.45) is 1.13. The molecule has 39 heavy (non-hydrogen) atoms. The summed E-state index contributed by atoms with van der Waals surface area (Å²) in [5.74, 6) is -0.745. The van der Waals surface area contributed by atoms with Gasteiger partial charge in [0.05, 0.1) is 35.8 Å². The average molecular weight is 562 g/mol. The quantitative estimate of drug-likeness (QED) is 0.260. The van der Waals surface area contributed by atoms with Crippen molar-refractivity contribution in [1.29, 1.82) is 0 Å². The normalized spacial score (nSPS) is 11.9. The van der Waals surface area contributed by atoms with E-state index < -0.39 is 15.9 Å². The van der Waals surface area contributed by atoms with Gasteiger partial charge in [-0.3, -0.25) is 13.9 Å². The Morgan fingerprint density at radius 2 is 1.44 bits per heavy atom. The Morgan fingerprint density at radius 1 is 0.821 bits per heavy atom. The lowest BCUT2D eigenvalue weighted by atomic mass is 10.1. The summed E-state index contributed by atoms with van der Waals surface area (Å²) >= 11 is 5.94. The van der Waals surface area contributed by atoms with E-state index in [1.54, 1.807) is 72.8 Å². The predicted octanol–water partition coefficient (Wildman–Crippen LogP) is 6.05. The number of carbonyl (C=O) groups is 2. The van der Waals surface area contributed by atoms with Gasteiger partial charge < -0.3 is 10.6 Å². The largest absolute Gasteiger partial charge is 0.345 e. The highest BCUT2D eigenvalue weighted by Gasteiger charge is 2.20. The summed E-state index contributed by atoms with van der Waals surface area (Å²) in [5, 5.41) is 6.32. The number of benzene rings is 4. The molecule has 0 aliphatic heterocycles. The lowest BCUT2D eigenvalue weighted by Crippen LogP contribution is -2.29. The monoisotopic (exact) mass is 561 g/mol. The molecular weight excluding hydrogens is 534 g/mol. The Balaban J connectivity index is 1.49. The Morgan fingerprint density at radius 3 is 2.08 bits per heavy atom. The SMILES string of the molecule is C[C@H](NC(=O)c1ccccc1NC(=O)c1ccc(N(Cc2ccc(Cl)cc2)S(C)(=O)=O)cc1)c1ccccc1. The van der Waals surface area contributed by atoms with Gasteiger partial charge in [0.2, 0.25) is 10.0 Å². The number of anilines is 2. The van der Waals surface area contributed by atoms with Crippen molar-refractivity contribution in [2.45, 2.75) is 19.5 Å². The molecule has 2 amide bonds. The molecule has 0 spiro atoms. The van der Waals surface area contributed by atoms with Gasteiger partial charge in [-0.15, -0.1) is 0 Å². The van der Waals surface area contributed by atoms with Crippen LogP contribution in [0.2, 0.25) is 5.02 Å². The number of amides is 2. The van der Waals surface area contributed by atoms with E-state index in [0.29, 0.717) is 27.5 Å². The molecular formula is C30H28ClN3O4S. The number of rotatable bonds is 9. The van der Waals surface area contributed by atoms with E-state index in [1.165, 1.54) is 4.31 Å². The maximum absolute atomic E-state index is 13.0. The summed E-state index contributed by atoms with van der Waals surface area (Å²) in [6.45, 7) is 2.01. The number of sulfonamides is 1. The lowest BCUT2D eigenvalue weighted by molar-refractivity contribution is 0.0940. The van der Waals surface area contributed by atoms with Crippen molar-refractivity contribution in [3.8, 4) is 0 Å². The Bertz CT molecular complexity index is 1560. The predicted molar refractivity (Wildman–Crippen MR) is 156 cm³/mol. The zero-order valence-electron chi connectivity index (χ0n) is 21.5. The third-order valence-electron chi connectivity index (χ3n) is 6.12. The van der Waals surface area contributed by atoms with E-state index in [9.17, 15) is 18.0 Å². The molecule has 1 atom stereocenters. The standard InChI is InChI=1S/C30H28ClN3O4S/c1-21(23-8-4-3-5-9-23)32-30(36)27-10-6-7-11-28(27)33-29(35)24-14-18-26(19-15-24)34(39(2,37)38)20-22-12-16-25(31)17-13-22/h3-19,21H,20H2,1-2H3,(H,32,36)(H,33,35)/t21-/m0/s1. The molecule has 0 aromatic heterocycles. The summed E-state index contributed by atoms with van der Waals surface area (Å²) in [7, 11) is -3.60. The van der Waals surface area contributed by atoms with Gasteiger partial charge in [-0.1, -0.05) is 66.2 Å². The Labute approximate surface area is 233 Å². The van der Waals surface area contributed by atoms with Crippen LogP contribution in [0.4, 0.5) is 11.4 Å². The van der Waals surface area contributed by atoms with Gasteiger partial charge in [0.25, 0.3) is 11.8 Å². The molecule has 0 saturated carbocycles. The number of hydrogen-bond donors (Lipinski definition) is 2. The molecule has 0 unspecified atom stereocenters. The van der Waals surface area contributed by atoms with E-state index in [-0.39, 0.29) is 18.5 Å². The number of nitrogens with one attached hydrogen (secondary N) is 2. The topological polar surface area (TPSA) is 95.6 Å². The van der Waals surface area contributed by atoms with Crippen LogP contribution < -0.4 is 14.9 Å².